The third-order valence-electron chi connectivity index (χ3n) is 6.90. The number of benzene rings is 4. The number of anilines is 1. The van der Waals surface area contributed by atoms with Crippen molar-refractivity contribution in [1.82, 2.24) is 24.9 Å². The molecule has 238 valence electrons. The Morgan fingerprint density at radius 2 is 1.71 bits per heavy atom. The van der Waals surface area contributed by atoms with E-state index in [1.54, 1.807) is 48.5 Å². The van der Waals surface area contributed by atoms with Gasteiger partial charge in [0.1, 0.15) is 18.7 Å². The number of hydrogen-bond donors (Lipinski definition) is 2. The molecule has 1 aliphatic heterocycles. The fourth-order valence-corrected chi connectivity index (χ4v) is 6.31. The molecule has 2 heterocycles. The summed E-state index contributed by atoms with van der Waals surface area (Å²) in [6.45, 7) is 2.17. The Bertz CT molecular complexity index is 2090. The first kappa shape index (κ1) is 34.7. The Morgan fingerprint density at radius 1 is 0.958 bits per heavy atom. The van der Waals surface area contributed by atoms with Gasteiger partial charge in [0.25, 0.3) is 15.9 Å². The fraction of sp³-hybridized carbons (Fsp3) is 0.0909. The average Bonchev–Trinajstić information content (AvgIpc) is 3.72. The number of sulfonamides is 1. The number of aliphatic imine (C=N–C) groups is 1. The van der Waals surface area contributed by atoms with E-state index in [0.717, 1.165) is 11.1 Å². The Hall–Kier alpha value is -4.60. The molecule has 0 radical (unpaired) electrons. The van der Waals surface area contributed by atoms with Crippen LogP contribution in [0.5, 0.6) is 5.75 Å². The molecular weight excluding hydrogens is 662 g/mol. The van der Waals surface area contributed by atoms with E-state index in [-0.39, 0.29) is 40.9 Å². The average molecular weight is 690 g/mol. The summed E-state index contributed by atoms with van der Waals surface area (Å²) in [5.74, 6) is -0.518. The number of tetrazole rings is 1. The number of thioether (sulfide) groups is 1. The minimum atomic E-state index is -3.97. The van der Waals surface area contributed by atoms with Crippen LogP contribution < -0.4 is 14.8 Å². The number of amidine groups is 1. The van der Waals surface area contributed by atoms with Gasteiger partial charge in [-0.2, -0.15) is 4.99 Å². The van der Waals surface area contributed by atoms with Crippen LogP contribution in [0, 0.1) is 6.92 Å². The number of hydrogen-bond acceptors (Lipinski definition) is 10. The molecule has 1 aromatic heterocycles. The zero-order chi connectivity index (χ0) is 32.8. The Morgan fingerprint density at radius 3 is 2.42 bits per heavy atom. The molecule has 5 aromatic rings. The van der Waals surface area contributed by atoms with E-state index in [1.165, 1.54) is 34.9 Å². The van der Waals surface area contributed by atoms with Gasteiger partial charge in [-0.15, -0.1) is 5.10 Å². The van der Waals surface area contributed by atoms with Gasteiger partial charge in [0.2, 0.25) is 5.91 Å². The van der Waals surface area contributed by atoms with Crippen molar-refractivity contribution in [1.29, 1.82) is 0 Å². The van der Waals surface area contributed by atoms with Gasteiger partial charge in [0.05, 0.1) is 21.9 Å². The number of carbonyl (C=O) groups excluding carboxylic acids is 2. The molecule has 0 bridgehead atoms. The first-order valence-electron chi connectivity index (χ1n) is 14.3. The standard InChI is InChI=1S/C33H27N7O5S2.Na.H/c1-22-7-15-28(16-8-22)47(43,44)37-31(41)17-23-9-12-26(13-10-23)35-33-36-32(42)30(46-33)18-25-11-14-27(40-21-34-38-39-40)19-29(25)45-20-24-5-3-2-4-6-24;;/h2-16,18-19,21H,17,20H2,1H3,(H,37,41)(H,35,36,42);;. The first-order valence-corrected chi connectivity index (χ1v) is 16.6. The molecule has 0 unspecified atom stereocenters. The molecule has 0 aliphatic carbocycles. The van der Waals surface area contributed by atoms with Gasteiger partial charge in [0, 0.05) is 17.3 Å². The molecule has 6 rings (SSSR count). The van der Waals surface area contributed by atoms with Gasteiger partial charge in [0.15, 0.2) is 5.17 Å². The second-order valence-electron chi connectivity index (χ2n) is 10.4. The Kier molecular flexibility index (Phi) is 11.2. The normalized spacial score (nSPS) is 13.5. The van der Waals surface area contributed by atoms with Crippen LogP contribution >= 0.6 is 11.8 Å². The zero-order valence-corrected chi connectivity index (χ0v) is 26.5. The van der Waals surface area contributed by atoms with E-state index >= 15 is 0 Å². The van der Waals surface area contributed by atoms with Gasteiger partial charge in [-0.1, -0.05) is 60.2 Å². The van der Waals surface area contributed by atoms with E-state index in [0.29, 0.717) is 44.9 Å². The van der Waals surface area contributed by atoms with Crippen molar-refractivity contribution in [2.24, 2.45) is 4.99 Å². The Balaban J connectivity index is 0.00000451. The summed E-state index contributed by atoms with van der Waals surface area (Å²) in [6.07, 6.45) is 3.07. The van der Waals surface area contributed by atoms with Crippen LogP contribution in [-0.2, 0) is 32.6 Å². The summed E-state index contributed by atoms with van der Waals surface area (Å²) in [6, 6.07) is 28.2. The number of ether oxygens (including phenoxy) is 1. The third-order valence-corrected chi connectivity index (χ3v) is 9.19. The molecule has 48 heavy (non-hydrogen) atoms. The van der Waals surface area contributed by atoms with Crippen molar-refractivity contribution in [3.63, 3.8) is 0 Å². The van der Waals surface area contributed by atoms with Crippen LogP contribution in [0.1, 0.15) is 22.3 Å². The third kappa shape index (κ3) is 8.85. The van der Waals surface area contributed by atoms with Gasteiger partial charge in [-0.05, 0) is 82.7 Å². The predicted molar refractivity (Wildman–Crippen MR) is 185 cm³/mol. The van der Waals surface area contributed by atoms with Crippen LogP contribution in [-0.4, -0.2) is 75.2 Å². The van der Waals surface area contributed by atoms with Crippen molar-refractivity contribution >= 4 is 80.1 Å². The molecule has 0 saturated carbocycles. The molecule has 0 saturated heterocycles. The molecule has 15 heteroatoms. The molecule has 0 fully saturated rings. The summed E-state index contributed by atoms with van der Waals surface area (Å²) >= 11 is 1.18. The maximum atomic E-state index is 12.9. The molecule has 12 nitrogen and oxygen atoms in total. The van der Waals surface area contributed by atoms with Gasteiger partial charge in [-0.25, -0.2) is 17.8 Å². The number of aryl methyl sites for hydroxylation is 1. The first-order chi connectivity index (χ1) is 22.7. The van der Waals surface area contributed by atoms with Crippen LogP contribution in [0.25, 0.3) is 11.8 Å². The number of rotatable bonds is 10. The molecule has 4 aromatic carbocycles. The molecule has 0 spiro atoms. The molecule has 0 atom stereocenters. The summed E-state index contributed by atoms with van der Waals surface area (Å²) in [4.78, 5) is 29.9. The number of carbonyl (C=O) groups is 2. The van der Waals surface area contributed by atoms with E-state index in [2.05, 4.69) is 30.6 Å². The fourth-order valence-electron chi connectivity index (χ4n) is 4.51. The van der Waals surface area contributed by atoms with Crippen molar-refractivity contribution in [3.8, 4) is 11.4 Å². The molecule has 2 amide bonds. The number of nitrogens with zero attached hydrogens (tertiary/aromatic N) is 5. The number of nitrogens with one attached hydrogen (secondary N) is 2. The molecule has 2 N–H and O–H groups in total. The quantitative estimate of drug-likeness (QED) is 0.162. The number of amides is 2. The molecule has 1 aliphatic rings. The van der Waals surface area contributed by atoms with E-state index in [9.17, 15) is 18.0 Å². The van der Waals surface area contributed by atoms with Crippen LogP contribution in [0.2, 0.25) is 0 Å². The van der Waals surface area contributed by atoms with Gasteiger partial charge >= 0.3 is 29.6 Å². The van der Waals surface area contributed by atoms with E-state index in [4.69, 9.17) is 4.74 Å². The number of aromatic nitrogens is 4. The summed E-state index contributed by atoms with van der Waals surface area (Å²) in [5, 5.41) is 14.8. The van der Waals surface area contributed by atoms with Crippen LogP contribution in [0.15, 0.2) is 118 Å². The van der Waals surface area contributed by atoms with Crippen molar-refractivity contribution in [2.75, 3.05) is 5.32 Å². The zero-order valence-electron chi connectivity index (χ0n) is 24.9. The van der Waals surface area contributed by atoms with E-state index < -0.39 is 21.8 Å². The summed E-state index contributed by atoms with van der Waals surface area (Å²) < 4.78 is 34.8. The maximum absolute atomic E-state index is 12.9. The monoisotopic (exact) mass is 689 g/mol. The topological polar surface area (TPSA) is 158 Å². The van der Waals surface area contributed by atoms with Crippen molar-refractivity contribution in [2.45, 2.75) is 24.8 Å². The van der Waals surface area contributed by atoms with E-state index in [1.807, 2.05) is 49.4 Å². The van der Waals surface area contributed by atoms with Gasteiger partial charge in [-0.3, -0.25) is 9.59 Å². The second kappa shape index (κ2) is 15.5. The molecular formula is C33H28N7NaO5S2. The Labute approximate surface area is 303 Å². The summed E-state index contributed by atoms with van der Waals surface area (Å²) in [7, 11) is -3.97. The minimum absolute atomic E-state index is 0. The summed E-state index contributed by atoms with van der Waals surface area (Å²) in [5.41, 5.74) is 4.51. The van der Waals surface area contributed by atoms with Gasteiger partial charge < -0.3 is 10.1 Å². The van der Waals surface area contributed by atoms with Crippen molar-refractivity contribution in [3.05, 3.63) is 131 Å². The predicted octanol–water partition coefficient (Wildman–Crippen LogP) is 4.03. The second-order valence-corrected chi connectivity index (χ2v) is 13.1. The van der Waals surface area contributed by atoms with Crippen LogP contribution in [0.3, 0.4) is 0 Å². The van der Waals surface area contributed by atoms with Crippen LogP contribution in [0.4, 0.5) is 5.69 Å². The SMILES string of the molecule is Cc1ccc(S(=O)(=O)NC(=O)Cc2ccc(NC3=NC(=O)C(=Cc4ccc(-n5cnnn5)cc4OCc4ccccc4)S3)cc2)cc1.[NaH]. The van der Waals surface area contributed by atoms with Crippen molar-refractivity contribution < 1.29 is 22.7 Å².